The smallest absolute Gasteiger partial charge is 0.278 e. The van der Waals surface area contributed by atoms with Crippen molar-refractivity contribution in [1.29, 1.82) is 0 Å². The van der Waals surface area contributed by atoms with E-state index < -0.39 is 16.1 Å². The number of thiophene rings is 1. The van der Waals surface area contributed by atoms with Crippen molar-refractivity contribution in [3.05, 3.63) is 81.6 Å². The summed E-state index contributed by atoms with van der Waals surface area (Å²) in [5.74, 6) is 0.419. The van der Waals surface area contributed by atoms with Crippen molar-refractivity contribution in [2.24, 2.45) is 0 Å². The number of hydrogen-bond acceptors (Lipinski definition) is 11. The molecular formula is C34H33N7O6S2. The highest BCUT2D eigenvalue weighted by Crippen LogP contribution is 2.39. The van der Waals surface area contributed by atoms with Gasteiger partial charge in [-0.1, -0.05) is 17.7 Å². The average Bonchev–Trinajstić information content (AvgIpc) is 3.83. The van der Waals surface area contributed by atoms with Crippen LogP contribution in [0.25, 0.3) is 26.9 Å². The van der Waals surface area contributed by atoms with Crippen molar-refractivity contribution in [3.8, 4) is 5.75 Å². The molecule has 49 heavy (non-hydrogen) atoms. The number of aryl methyl sites for hydroxylation is 1. The first-order valence-electron chi connectivity index (χ1n) is 15.9. The van der Waals surface area contributed by atoms with Crippen molar-refractivity contribution in [2.75, 3.05) is 43.5 Å². The van der Waals surface area contributed by atoms with Gasteiger partial charge in [-0.25, -0.2) is 21.8 Å². The van der Waals surface area contributed by atoms with Gasteiger partial charge in [-0.05, 0) is 80.1 Å². The van der Waals surface area contributed by atoms with E-state index in [4.69, 9.17) is 14.7 Å². The van der Waals surface area contributed by atoms with E-state index >= 15 is 0 Å². The van der Waals surface area contributed by atoms with Crippen LogP contribution in [-0.2, 0) is 21.2 Å². The number of methoxy groups -OCH3 is 1. The summed E-state index contributed by atoms with van der Waals surface area (Å²) in [6, 6.07) is 13.6. The van der Waals surface area contributed by atoms with Gasteiger partial charge in [0.05, 0.1) is 41.2 Å². The van der Waals surface area contributed by atoms with Crippen LogP contribution in [0.3, 0.4) is 0 Å². The first-order chi connectivity index (χ1) is 23.6. The number of carbonyl (C=O) groups excluding carboxylic acids is 1. The van der Waals surface area contributed by atoms with E-state index in [1.54, 1.807) is 52.7 Å². The van der Waals surface area contributed by atoms with Crippen LogP contribution in [0.1, 0.15) is 24.0 Å². The van der Waals surface area contributed by atoms with Gasteiger partial charge in [-0.3, -0.25) is 14.5 Å². The number of hydrogen-bond donors (Lipinski definition) is 2. The monoisotopic (exact) mass is 699 g/mol. The molecule has 0 aliphatic carbocycles. The number of ether oxygens (including phenoxy) is 1. The van der Waals surface area contributed by atoms with Gasteiger partial charge in [0, 0.05) is 25.0 Å². The summed E-state index contributed by atoms with van der Waals surface area (Å²) in [7, 11) is -2.54. The number of aromatic nitrogens is 4. The van der Waals surface area contributed by atoms with Crippen molar-refractivity contribution in [2.45, 2.75) is 37.2 Å². The molecule has 4 aromatic heterocycles. The second kappa shape index (κ2) is 11.9. The van der Waals surface area contributed by atoms with Crippen LogP contribution in [0.4, 0.5) is 17.3 Å². The minimum absolute atomic E-state index is 0.0331. The van der Waals surface area contributed by atoms with Gasteiger partial charge in [0.15, 0.2) is 11.3 Å². The zero-order valence-corrected chi connectivity index (χ0v) is 28.4. The molecule has 6 aromatic rings. The number of anilines is 3. The Morgan fingerprint density at radius 1 is 1.10 bits per heavy atom. The van der Waals surface area contributed by atoms with Crippen LogP contribution in [0.5, 0.6) is 5.75 Å². The quantitative estimate of drug-likeness (QED) is 0.251. The maximum atomic E-state index is 14.0. The van der Waals surface area contributed by atoms with Crippen LogP contribution >= 0.6 is 11.3 Å². The zero-order chi connectivity index (χ0) is 34.0. The Labute approximate surface area is 285 Å². The SMILES string of the molecule is COc1cc2c(cc1Nc1nc3c(ccn3S(=O)(=O)c3ccc(C)cc3)c3nc4ccsc4c(=O)n13)N(C(=O)CN1CCCC(O)C1)CC2. The fourth-order valence-electron chi connectivity index (χ4n) is 6.74. The maximum absolute atomic E-state index is 14.0. The van der Waals surface area contributed by atoms with Crippen LogP contribution < -0.4 is 20.5 Å². The van der Waals surface area contributed by atoms with Crippen LogP contribution in [0, 0.1) is 6.92 Å². The van der Waals surface area contributed by atoms with E-state index in [2.05, 4.69) is 5.32 Å². The predicted octanol–water partition coefficient (Wildman–Crippen LogP) is 3.90. The Balaban J connectivity index is 1.26. The molecule has 0 spiro atoms. The Morgan fingerprint density at radius 2 is 1.92 bits per heavy atom. The molecule has 2 aliphatic heterocycles. The van der Waals surface area contributed by atoms with Gasteiger partial charge < -0.3 is 20.1 Å². The predicted molar refractivity (Wildman–Crippen MR) is 188 cm³/mol. The van der Waals surface area contributed by atoms with E-state index in [0.717, 1.165) is 34.5 Å². The lowest BCUT2D eigenvalue weighted by atomic mass is 10.1. The molecule has 1 amide bonds. The number of benzene rings is 2. The van der Waals surface area contributed by atoms with Crippen molar-refractivity contribution < 1.29 is 23.1 Å². The lowest BCUT2D eigenvalue weighted by Crippen LogP contribution is -2.45. The van der Waals surface area contributed by atoms with Crippen molar-refractivity contribution >= 4 is 71.5 Å². The van der Waals surface area contributed by atoms with Gasteiger partial charge in [-0.15, -0.1) is 11.3 Å². The Bertz CT molecular complexity index is 2450. The Morgan fingerprint density at radius 3 is 2.69 bits per heavy atom. The molecule has 8 rings (SSSR count). The molecule has 2 aliphatic rings. The molecule has 2 N–H and O–H groups in total. The summed E-state index contributed by atoms with van der Waals surface area (Å²) in [4.78, 5) is 40.9. The first kappa shape index (κ1) is 31.4. The summed E-state index contributed by atoms with van der Waals surface area (Å²) >= 11 is 1.26. The topological polar surface area (TPSA) is 151 Å². The molecule has 1 unspecified atom stereocenters. The van der Waals surface area contributed by atoms with E-state index in [-0.39, 0.29) is 40.1 Å². The average molecular weight is 700 g/mol. The molecule has 13 nitrogen and oxygen atoms in total. The third-order valence-corrected chi connectivity index (χ3v) is 11.8. The fourth-order valence-corrected chi connectivity index (χ4v) is 8.80. The molecule has 2 aromatic carbocycles. The fraction of sp³-hybridized carbons (Fsp3) is 0.294. The summed E-state index contributed by atoms with van der Waals surface area (Å²) in [5.41, 5.74) is 3.44. The third-order valence-electron chi connectivity index (χ3n) is 9.23. The normalized spacial score (nSPS) is 16.9. The summed E-state index contributed by atoms with van der Waals surface area (Å²) in [5, 5.41) is 15.5. The lowest BCUT2D eigenvalue weighted by molar-refractivity contribution is -0.120. The number of aliphatic hydroxyl groups is 1. The number of β-amino-alcohol motifs (C(OH)–C–C–N with tert-alkyl or cyclic N) is 1. The molecule has 0 saturated carbocycles. The highest BCUT2D eigenvalue weighted by Gasteiger charge is 2.30. The lowest BCUT2D eigenvalue weighted by Gasteiger charge is -2.31. The molecule has 252 valence electrons. The Kier molecular flexibility index (Phi) is 7.66. The molecule has 15 heteroatoms. The second-order valence-corrected chi connectivity index (χ2v) is 15.2. The van der Waals surface area contributed by atoms with Gasteiger partial charge in [0.2, 0.25) is 11.9 Å². The number of fused-ring (bicyclic) bond motifs is 5. The number of aliphatic hydroxyl groups excluding tert-OH is 1. The molecule has 1 atom stereocenters. The molecule has 0 radical (unpaired) electrons. The number of rotatable bonds is 7. The second-order valence-electron chi connectivity index (χ2n) is 12.4. The highest BCUT2D eigenvalue weighted by atomic mass is 32.2. The zero-order valence-electron chi connectivity index (χ0n) is 26.8. The Hall–Kier alpha value is -4.83. The highest BCUT2D eigenvalue weighted by molar-refractivity contribution is 7.90. The molecular weight excluding hydrogens is 667 g/mol. The standard InChI is InChI=1S/C34H33N7O6S2/c1-20-5-7-23(8-6-20)49(45,46)40-14-10-24-31(40)37-34(41-32(24)35-25-11-15-48-30(25)33(41)44)36-26-17-27-21(16-28(26)47-2)9-13-39(27)29(43)19-38-12-3-4-22(42)18-38/h5-8,10-11,14-17,22,42H,3-4,9,12-13,18-19H2,1-2H3,(H,36,37). The number of carbonyl (C=O) groups is 1. The summed E-state index contributed by atoms with van der Waals surface area (Å²) in [6.07, 6.45) is 3.19. The van der Waals surface area contributed by atoms with Crippen LogP contribution in [0.2, 0.25) is 0 Å². The van der Waals surface area contributed by atoms with Crippen LogP contribution in [-0.4, -0.2) is 82.1 Å². The van der Waals surface area contributed by atoms with Crippen molar-refractivity contribution in [3.63, 3.8) is 0 Å². The first-order valence-corrected chi connectivity index (χ1v) is 18.3. The number of amides is 1. The number of piperidine rings is 1. The van der Waals surface area contributed by atoms with Crippen molar-refractivity contribution in [1.82, 2.24) is 23.2 Å². The molecule has 1 fully saturated rings. The molecule has 0 bridgehead atoms. The summed E-state index contributed by atoms with van der Waals surface area (Å²) < 4.78 is 36.4. The van der Waals surface area contributed by atoms with Gasteiger partial charge >= 0.3 is 0 Å². The number of nitrogens with one attached hydrogen (secondary N) is 1. The number of likely N-dealkylation sites (tertiary alicyclic amines) is 1. The maximum Gasteiger partial charge on any atom is 0.278 e. The molecule has 6 heterocycles. The van der Waals surface area contributed by atoms with E-state index in [1.165, 1.54) is 29.0 Å². The minimum atomic E-state index is -4.07. The van der Waals surface area contributed by atoms with Gasteiger partial charge in [0.1, 0.15) is 10.4 Å². The minimum Gasteiger partial charge on any atom is -0.495 e. The van der Waals surface area contributed by atoms with E-state index in [0.29, 0.717) is 52.2 Å². The van der Waals surface area contributed by atoms with E-state index in [1.807, 2.05) is 17.9 Å². The van der Waals surface area contributed by atoms with E-state index in [9.17, 15) is 23.1 Å². The van der Waals surface area contributed by atoms with Gasteiger partial charge in [0.25, 0.3) is 15.6 Å². The summed E-state index contributed by atoms with van der Waals surface area (Å²) in [6.45, 7) is 3.78. The van der Waals surface area contributed by atoms with Crippen LogP contribution in [0.15, 0.2) is 69.8 Å². The third kappa shape index (κ3) is 5.33. The number of nitrogens with zero attached hydrogens (tertiary/aromatic N) is 6. The molecule has 1 saturated heterocycles. The largest absolute Gasteiger partial charge is 0.495 e. The van der Waals surface area contributed by atoms with Gasteiger partial charge in [-0.2, -0.15) is 4.98 Å².